The molecule has 1 fully saturated rings. The van der Waals surface area contributed by atoms with Crippen molar-refractivity contribution in [3.8, 4) is 0 Å². The van der Waals surface area contributed by atoms with Crippen molar-refractivity contribution in [3.63, 3.8) is 0 Å². The van der Waals surface area contributed by atoms with E-state index in [9.17, 15) is 8.42 Å². The van der Waals surface area contributed by atoms with E-state index in [1.165, 1.54) is 0 Å². The molecule has 1 saturated carbocycles. The van der Waals surface area contributed by atoms with E-state index in [2.05, 4.69) is 0 Å². The number of halogens is 1. The summed E-state index contributed by atoms with van der Waals surface area (Å²) >= 11 is 5.82. The summed E-state index contributed by atoms with van der Waals surface area (Å²) in [5.41, 5.74) is 6.80. The molecule has 21 heavy (non-hydrogen) atoms. The van der Waals surface area contributed by atoms with Crippen molar-refractivity contribution in [3.05, 3.63) is 65.2 Å². The minimum Gasteiger partial charge on any atom is -0.330 e. The third-order valence-corrected chi connectivity index (χ3v) is 6.59. The fourth-order valence-corrected chi connectivity index (χ4v) is 5.29. The Morgan fingerprint density at radius 1 is 1.00 bits per heavy atom. The lowest BCUT2D eigenvalue weighted by Gasteiger charge is -2.04. The molecule has 0 spiro atoms. The highest BCUT2D eigenvalue weighted by Gasteiger charge is 2.57. The molecule has 2 aromatic rings. The van der Waals surface area contributed by atoms with Gasteiger partial charge < -0.3 is 5.73 Å². The molecule has 3 rings (SSSR count). The Kier molecular flexibility index (Phi) is 3.78. The molecule has 0 amide bonds. The lowest BCUT2D eigenvalue weighted by atomic mass is 10.1. The topological polar surface area (TPSA) is 60.2 Å². The van der Waals surface area contributed by atoms with Gasteiger partial charge in [-0.05, 0) is 42.3 Å². The highest BCUT2D eigenvalue weighted by atomic mass is 35.5. The second-order valence-corrected chi connectivity index (χ2v) is 7.84. The van der Waals surface area contributed by atoms with Crippen LogP contribution in [0.2, 0.25) is 5.02 Å². The van der Waals surface area contributed by atoms with Crippen LogP contribution in [0.3, 0.4) is 0 Å². The van der Waals surface area contributed by atoms with Gasteiger partial charge >= 0.3 is 0 Å². The number of benzene rings is 2. The Morgan fingerprint density at radius 3 is 2.19 bits per heavy atom. The highest BCUT2D eigenvalue weighted by Crippen LogP contribution is 2.53. The summed E-state index contributed by atoms with van der Waals surface area (Å²) in [6.45, 7) is 0.372. The van der Waals surface area contributed by atoms with E-state index in [4.69, 9.17) is 17.3 Å². The molecule has 2 N–H and O–H groups in total. The van der Waals surface area contributed by atoms with E-state index in [0.29, 0.717) is 16.5 Å². The van der Waals surface area contributed by atoms with Crippen LogP contribution in [0.15, 0.2) is 59.5 Å². The molecule has 1 aliphatic rings. The maximum atomic E-state index is 12.8. The van der Waals surface area contributed by atoms with Gasteiger partial charge in [-0.15, -0.1) is 0 Å². The molecular weight excluding hydrogens is 306 g/mol. The summed E-state index contributed by atoms with van der Waals surface area (Å²) < 4.78 is 25.5. The smallest absolute Gasteiger partial charge is 0.182 e. The van der Waals surface area contributed by atoms with E-state index in [0.717, 1.165) is 5.56 Å². The third kappa shape index (κ3) is 2.59. The summed E-state index contributed by atoms with van der Waals surface area (Å²) in [4.78, 5) is 0.314. The Morgan fingerprint density at radius 2 is 1.62 bits per heavy atom. The van der Waals surface area contributed by atoms with E-state index in [-0.39, 0.29) is 11.8 Å². The number of nitrogens with two attached hydrogens (primary N) is 1. The molecule has 0 radical (unpaired) electrons. The first kappa shape index (κ1) is 14.6. The molecular formula is C16H16ClNO2S. The average Bonchev–Trinajstić information content (AvgIpc) is 3.24. The van der Waals surface area contributed by atoms with Crippen LogP contribution in [0.25, 0.3) is 0 Å². The van der Waals surface area contributed by atoms with Gasteiger partial charge in [0.1, 0.15) is 0 Å². The van der Waals surface area contributed by atoms with E-state index in [1.807, 2.05) is 30.3 Å². The van der Waals surface area contributed by atoms with Gasteiger partial charge in [-0.3, -0.25) is 0 Å². The van der Waals surface area contributed by atoms with E-state index in [1.54, 1.807) is 24.3 Å². The van der Waals surface area contributed by atoms with Crippen LogP contribution in [0.4, 0.5) is 0 Å². The van der Waals surface area contributed by atoms with Gasteiger partial charge in [0.05, 0.1) is 10.1 Å². The van der Waals surface area contributed by atoms with Crippen LogP contribution in [0.1, 0.15) is 11.5 Å². The first-order valence-electron chi connectivity index (χ1n) is 6.80. The van der Waals surface area contributed by atoms with Crippen LogP contribution in [0.5, 0.6) is 0 Å². The molecule has 110 valence electrons. The molecule has 5 heteroatoms. The second kappa shape index (κ2) is 5.44. The normalized spacial score (nSPS) is 24.8. The van der Waals surface area contributed by atoms with E-state index < -0.39 is 15.1 Å². The molecule has 0 aromatic heterocycles. The van der Waals surface area contributed by atoms with E-state index >= 15 is 0 Å². The Labute approximate surface area is 129 Å². The zero-order chi connectivity index (χ0) is 15.0. The zero-order valence-electron chi connectivity index (χ0n) is 11.3. The molecule has 3 atom stereocenters. The molecule has 2 aromatic carbocycles. The number of sulfone groups is 1. The van der Waals surface area contributed by atoms with Crippen LogP contribution in [0, 0.1) is 5.92 Å². The molecule has 0 heterocycles. The SMILES string of the molecule is NC[C@H]1[C@@H](c2ccccc2)[C@@H]1S(=O)(=O)c1ccc(Cl)cc1. The van der Waals surface area contributed by atoms with Gasteiger partial charge in [-0.25, -0.2) is 8.42 Å². The van der Waals surface area contributed by atoms with Crippen molar-refractivity contribution in [2.75, 3.05) is 6.54 Å². The predicted molar refractivity (Wildman–Crippen MR) is 84.2 cm³/mol. The van der Waals surface area contributed by atoms with Crippen molar-refractivity contribution < 1.29 is 8.42 Å². The number of rotatable bonds is 4. The van der Waals surface area contributed by atoms with Gasteiger partial charge in [0.2, 0.25) is 0 Å². The minimum atomic E-state index is -3.38. The zero-order valence-corrected chi connectivity index (χ0v) is 12.9. The maximum absolute atomic E-state index is 12.8. The Bertz CT molecular complexity index is 729. The maximum Gasteiger partial charge on any atom is 0.182 e. The largest absolute Gasteiger partial charge is 0.330 e. The molecule has 3 nitrogen and oxygen atoms in total. The number of hydrogen-bond acceptors (Lipinski definition) is 3. The van der Waals surface area contributed by atoms with Crippen LogP contribution in [-0.4, -0.2) is 20.2 Å². The number of hydrogen-bond donors (Lipinski definition) is 1. The first-order valence-corrected chi connectivity index (χ1v) is 8.72. The average molecular weight is 322 g/mol. The summed E-state index contributed by atoms with van der Waals surface area (Å²) in [6, 6.07) is 16.0. The van der Waals surface area contributed by atoms with Crippen molar-refractivity contribution in [2.24, 2.45) is 11.7 Å². The van der Waals surface area contributed by atoms with Crippen molar-refractivity contribution >= 4 is 21.4 Å². The van der Waals surface area contributed by atoms with Gasteiger partial charge in [0.15, 0.2) is 9.84 Å². The van der Waals surface area contributed by atoms with Gasteiger partial charge in [0, 0.05) is 10.9 Å². The summed E-state index contributed by atoms with van der Waals surface area (Å²) in [5, 5.41) is 0.0887. The Hall–Kier alpha value is -1.36. The summed E-state index contributed by atoms with van der Waals surface area (Å²) in [7, 11) is -3.38. The summed E-state index contributed by atoms with van der Waals surface area (Å²) in [6.07, 6.45) is 0. The molecule has 1 aliphatic carbocycles. The van der Waals surface area contributed by atoms with Crippen molar-refractivity contribution in [1.82, 2.24) is 0 Å². The second-order valence-electron chi connectivity index (χ2n) is 5.30. The van der Waals surface area contributed by atoms with Crippen LogP contribution >= 0.6 is 11.6 Å². The summed E-state index contributed by atoms with van der Waals surface area (Å²) in [5.74, 6) is -0.0371. The monoisotopic (exact) mass is 321 g/mol. The predicted octanol–water partition coefficient (Wildman–Crippen LogP) is 2.85. The molecule has 0 unspecified atom stereocenters. The minimum absolute atomic E-state index is 0.0168. The van der Waals surface area contributed by atoms with Crippen molar-refractivity contribution in [2.45, 2.75) is 16.1 Å². The molecule has 0 aliphatic heterocycles. The lowest BCUT2D eigenvalue weighted by molar-refractivity contribution is 0.591. The third-order valence-electron chi connectivity index (χ3n) is 4.05. The first-order chi connectivity index (χ1) is 10.1. The van der Waals surface area contributed by atoms with Crippen LogP contribution in [-0.2, 0) is 9.84 Å². The Balaban J connectivity index is 1.94. The molecule has 0 bridgehead atoms. The van der Waals surface area contributed by atoms with Gasteiger partial charge in [-0.1, -0.05) is 41.9 Å². The highest BCUT2D eigenvalue weighted by molar-refractivity contribution is 7.92. The fraction of sp³-hybridized carbons (Fsp3) is 0.250. The van der Waals surface area contributed by atoms with Crippen molar-refractivity contribution in [1.29, 1.82) is 0 Å². The van der Waals surface area contributed by atoms with Gasteiger partial charge in [0.25, 0.3) is 0 Å². The van der Waals surface area contributed by atoms with Gasteiger partial charge in [-0.2, -0.15) is 0 Å². The quantitative estimate of drug-likeness (QED) is 0.942. The molecule has 0 saturated heterocycles. The lowest BCUT2D eigenvalue weighted by Crippen LogP contribution is -2.13. The van der Waals surface area contributed by atoms with Crippen LogP contribution < -0.4 is 5.73 Å². The standard InChI is InChI=1S/C16H16ClNO2S/c17-12-6-8-13(9-7-12)21(19,20)16-14(10-18)15(16)11-4-2-1-3-5-11/h1-9,14-16H,10,18H2/t14-,15+,16+/m0/s1. The fourth-order valence-electron chi connectivity index (χ4n) is 2.94.